The molecule has 1 aromatic carbocycles. The molecule has 6 heteroatoms. The maximum Gasteiger partial charge on any atom is 0.150 e. The second-order valence-corrected chi connectivity index (χ2v) is 6.84. The van der Waals surface area contributed by atoms with E-state index in [9.17, 15) is 12.8 Å². The topological polar surface area (TPSA) is 43.4 Å². The maximum absolute atomic E-state index is 12.9. The third kappa shape index (κ3) is 5.04. The molecule has 0 unspecified atom stereocenters. The summed E-state index contributed by atoms with van der Waals surface area (Å²) in [5.74, 6) is 0.430. The molecule has 0 aliphatic carbocycles. The van der Waals surface area contributed by atoms with Gasteiger partial charge in [0.2, 0.25) is 0 Å². The maximum atomic E-state index is 12.9. The van der Waals surface area contributed by atoms with Gasteiger partial charge < -0.3 is 4.74 Å². The predicted molar refractivity (Wildman–Crippen MR) is 68.5 cm³/mol. The van der Waals surface area contributed by atoms with Crippen molar-refractivity contribution in [2.45, 2.75) is 13.3 Å². The first-order valence-electron chi connectivity index (χ1n) is 5.23. The Bertz CT molecular complexity index is 474. The van der Waals surface area contributed by atoms with Crippen LogP contribution in [0, 0.1) is 5.82 Å². The van der Waals surface area contributed by atoms with E-state index in [1.807, 2.05) is 0 Å². The van der Waals surface area contributed by atoms with Gasteiger partial charge in [0.05, 0.1) is 16.8 Å². The van der Waals surface area contributed by atoms with E-state index < -0.39 is 9.84 Å². The molecule has 0 aromatic heterocycles. The van der Waals surface area contributed by atoms with Crippen LogP contribution in [-0.2, 0) is 9.84 Å². The Morgan fingerprint density at radius 3 is 2.71 bits per heavy atom. The second-order valence-electron chi connectivity index (χ2n) is 3.51. The summed E-state index contributed by atoms with van der Waals surface area (Å²) < 4.78 is 41.0. The van der Waals surface area contributed by atoms with Crippen LogP contribution in [0.25, 0.3) is 0 Å². The molecule has 1 aromatic rings. The van der Waals surface area contributed by atoms with E-state index in [-0.39, 0.29) is 17.3 Å². The Kier molecular flexibility index (Phi) is 5.39. The van der Waals surface area contributed by atoms with E-state index in [1.54, 1.807) is 6.92 Å². The fourth-order valence-corrected chi connectivity index (χ4v) is 2.38. The van der Waals surface area contributed by atoms with E-state index in [4.69, 9.17) is 4.74 Å². The fraction of sp³-hybridized carbons (Fsp3) is 0.455. The minimum Gasteiger partial charge on any atom is -0.494 e. The van der Waals surface area contributed by atoms with Gasteiger partial charge in [0, 0.05) is 5.75 Å². The summed E-state index contributed by atoms with van der Waals surface area (Å²) in [5, 5.41) is 0. The summed E-state index contributed by atoms with van der Waals surface area (Å²) in [6.45, 7) is 1.92. The highest BCUT2D eigenvalue weighted by Crippen LogP contribution is 2.21. The quantitative estimate of drug-likeness (QED) is 0.756. The first-order chi connectivity index (χ1) is 7.94. The van der Waals surface area contributed by atoms with E-state index >= 15 is 0 Å². The van der Waals surface area contributed by atoms with Gasteiger partial charge in [-0.25, -0.2) is 12.8 Å². The Morgan fingerprint density at radius 1 is 1.41 bits per heavy atom. The summed E-state index contributed by atoms with van der Waals surface area (Å²) in [6, 6.07) is 4.32. The van der Waals surface area contributed by atoms with Crippen LogP contribution in [0.15, 0.2) is 22.7 Å². The van der Waals surface area contributed by atoms with Gasteiger partial charge in [-0.1, -0.05) is 6.92 Å². The predicted octanol–water partition coefficient (Wildman–Crippen LogP) is 2.79. The lowest BCUT2D eigenvalue weighted by Gasteiger charge is -2.06. The molecule has 0 bridgehead atoms. The van der Waals surface area contributed by atoms with Gasteiger partial charge in [-0.3, -0.25) is 0 Å². The number of halogens is 2. The van der Waals surface area contributed by atoms with Crippen molar-refractivity contribution in [3.63, 3.8) is 0 Å². The van der Waals surface area contributed by atoms with Crippen molar-refractivity contribution in [1.82, 2.24) is 0 Å². The van der Waals surface area contributed by atoms with Gasteiger partial charge in [0.25, 0.3) is 0 Å². The zero-order chi connectivity index (χ0) is 12.9. The number of rotatable bonds is 6. The lowest BCUT2D eigenvalue weighted by atomic mass is 10.3. The van der Waals surface area contributed by atoms with Crippen LogP contribution in [0.2, 0.25) is 0 Å². The number of benzene rings is 1. The number of hydrogen-bond acceptors (Lipinski definition) is 3. The zero-order valence-electron chi connectivity index (χ0n) is 9.45. The summed E-state index contributed by atoms with van der Waals surface area (Å²) in [6.07, 6.45) is 0.436. The average molecular weight is 325 g/mol. The number of hydrogen-bond donors (Lipinski definition) is 0. The average Bonchev–Trinajstić information content (AvgIpc) is 2.29. The summed E-state index contributed by atoms with van der Waals surface area (Å²) in [7, 11) is -2.94. The fourth-order valence-electron chi connectivity index (χ4n) is 1.18. The van der Waals surface area contributed by atoms with Crippen molar-refractivity contribution >= 4 is 25.8 Å². The van der Waals surface area contributed by atoms with E-state index in [0.29, 0.717) is 23.2 Å². The second kappa shape index (κ2) is 6.35. The van der Waals surface area contributed by atoms with Crippen molar-refractivity contribution < 1.29 is 17.5 Å². The monoisotopic (exact) mass is 324 g/mol. The summed E-state index contributed by atoms with van der Waals surface area (Å²) >= 11 is 3.05. The minimum atomic E-state index is -2.94. The third-order valence-corrected chi connectivity index (χ3v) is 4.60. The zero-order valence-corrected chi connectivity index (χ0v) is 11.9. The molecule has 0 aliphatic rings. The third-order valence-electron chi connectivity index (χ3n) is 2.20. The first-order valence-corrected chi connectivity index (χ1v) is 7.84. The highest BCUT2D eigenvalue weighted by atomic mass is 79.9. The molecule has 0 aliphatic heterocycles. The molecule has 0 atom stereocenters. The first kappa shape index (κ1) is 14.4. The van der Waals surface area contributed by atoms with Gasteiger partial charge in [-0.05, 0) is 40.5 Å². The summed E-state index contributed by atoms with van der Waals surface area (Å²) in [4.78, 5) is 0. The van der Waals surface area contributed by atoms with Gasteiger partial charge in [0.1, 0.15) is 21.4 Å². The van der Waals surface area contributed by atoms with Crippen LogP contribution in [0.4, 0.5) is 4.39 Å². The summed E-state index contributed by atoms with van der Waals surface area (Å²) in [5.41, 5.74) is 0. The van der Waals surface area contributed by atoms with Gasteiger partial charge in [-0.2, -0.15) is 0 Å². The van der Waals surface area contributed by atoms with Crippen molar-refractivity contribution in [2.24, 2.45) is 0 Å². The molecular formula is C11H14BrFO3S. The highest BCUT2D eigenvalue weighted by molar-refractivity contribution is 9.10. The number of sulfone groups is 1. The smallest absolute Gasteiger partial charge is 0.150 e. The molecule has 0 N–H and O–H groups in total. The van der Waals surface area contributed by atoms with Crippen molar-refractivity contribution in [3.8, 4) is 5.75 Å². The lowest BCUT2D eigenvalue weighted by Crippen LogP contribution is -2.11. The normalized spacial score (nSPS) is 11.5. The van der Waals surface area contributed by atoms with Crippen LogP contribution in [0.5, 0.6) is 5.75 Å². The molecule has 0 amide bonds. The Labute approximate surface area is 109 Å². The minimum absolute atomic E-state index is 0.117. The molecule has 1 rings (SSSR count). The molecule has 0 heterocycles. The number of ether oxygens (including phenoxy) is 1. The molecule has 0 saturated carbocycles. The van der Waals surface area contributed by atoms with E-state index in [1.165, 1.54) is 18.2 Å². The van der Waals surface area contributed by atoms with Crippen LogP contribution in [0.1, 0.15) is 13.3 Å². The van der Waals surface area contributed by atoms with Crippen LogP contribution in [0.3, 0.4) is 0 Å². The molecule has 0 spiro atoms. The Morgan fingerprint density at radius 2 is 2.12 bits per heavy atom. The van der Waals surface area contributed by atoms with Gasteiger partial charge >= 0.3 is 0 Å². The molecule has 0 saturated heterocycles. The van der Waals surface area contributed by atoms with Crippen molar-refractivity contribution in [1.29, 1.82) is 0 Å². The van der Waals surface area contributed by atoms with E-state index in [0.717, 1.165) is 0 Å². The van der Waals surface area contributed by atoms with Crippen molar-refractivity contribution in [2.75, 3.05) is 18.1 Å². The van der Waals surface area contributed by atoms with Crippen LogP contribution >= 0.6 is 15.9 Å². The Hall–Kier alpha value is -0.620. The molecule has 0 radical (unpaired) electrons. The van der Waals surface area contributed by atoms with Gasteiger partial charge in [0.15, 0.2) is 0 Å². The van der Waals surface area contributed by atoms with Crippen LogP contribution < -0.4 is 4.74 Å². The van der Waals surface area contributed by atoms with Crippen molar-refractivity contribution in [3.05, 3.63) is 28.5 Å². The lowest BCUT2D eigenvalue weighted by molar-refractivity contribution is 0.317. The van der Waals surface area contributed by atoms with Gasteiger partial charge in [-0.15, -0.1) is 0 Å². The molecule has 3 nitrogen and oxygen atoms in total. The van der Waals surface area contributed by atoms with E-state index in [2.05, 4.69) is 15.9 Å². The molecule has 17 heavy (non-hydrogen) atoms. The SMILES string of the molecule is CCS(=O)(=O)CCCOc1ccc(F)c(Br)c1. The molecular weight excluding hydrogens is 311 g/mol. The molecule has 0 fully saturated rings. The largest absolute Gasteiger partial charge is 0.494 e. The van der Waals surface area contributed by atoms with Crippen LogP contribution in [-0.4, -0.2) is 26.5 Å². The highest BCUT2D eigenvalue weighted by Gasteiger charge is 2.07. The molecule has 96 valence electrons. The Balaban J connectivity index is 2.39. The standard InChI is InChI=1S/C11H14BrFO3S/c1-2-17(14,15)7-3-6-16-9-4-5-11(13)10(12)8-9/h4-5,8H,2-3,6-7H2,1H3.